The van der Waals surface area contributed by atoms with Crippen LogP contribution in [0.3, 0.4) is 0 Å². The van der Waals surface area contributed by atoms with E-state index in [1.165, 1.54) is 6.07 Å². The quantitative estimate of drug-likeness (QED) is 0.894. The van der Waals surface area contributed by atoms with Gasteiger partial charge in [-0.2, -0.15) is 5.26 Å². The Morgan fingerprint density at radius 2 is 2.35 bits per heavy atom. The zero-order valence-corrected chi connectivity index (χ0v) is 10.7. The lowest BCUT2D eigenvalue weighted by molar-refractivity contribution is -0.118. The second-order valence-corrected chi connectivity index (χ2v) is 4.29. The van der Waals surface area contributed by atoms with E-state index in [1.807, 2.05) is 6.07 Å². The average Bonchev–Trinajstić information content (AvgIpc) is 2.29. The van der Waals surface area contributed by atoms with Crippen LogP contribution in [0.4, 0.5) is 10.1 Å². The van der Waals surface area contributed by atoms with Crippen LogP contribution in [0.25, 0.3) is 0 Å². The summed E-state index contributed by atoms with van der Waals surface area (Å²) in [4.78, 5) is 11.0. The van der Waals surface area contributed by atoms with Gasteiger partial charge in [0, 0.05) is 4.47 Å². The van der Waals surface area contributed by atoms with E-state index < -0.39 is 17.8 Å². The summed E-state index contributed by atoms with van der Waals surface area (Å²) < 4.78 is 14.1. The first-order valence-corrected chi connectivity index (χ1v) is 5.73. The molecule has 0 saturated heterocycles. The van der Waals surface area contributed by atoms with Gasteiger partial charge in [-0.05, 0) is 34.5 Å². The lowest BCUT2D eigenvalue weighted by Crippen LogP contribution is -2.35. The van der Waals surface area contributed by atoms with Gasteiger partial charge in [0.05, 0.1) is 11.3 Å². The number of hydrogen-bond donors (Lipinski definition) is 2. The fraction of sp³-hybridized carbons (Fsp3) is 0.273. The number of nitrogens with two attached hydrogens (primary N) is 1. The van der Waals surface area contributed by atoms with Crippen molar-refractivity contribution in [3.63, 3.8) is 0 Å². The molecule has 1 atom stereocenters. The van der Waals surface area contributed by atoms with E-state index >= 15 is 0 Å². The third kappa shape index (κ3) is 3.17. The van der Waals surface area contributed by atoms with Crippen LogP contribution in [-0.2, 0) is 4.79 Å². The van der Waals surface area contributed by atoms with Gasteiger partial charge in [0.15, 0.2) is 0 Å². The molecule has 0 fully saturated rings. The van der Waals surface area contributed by atoms with Gasteiger partial charge in [0.2, 0.25) is 5.91 Å². The van der Waals surface area contributed by atoms with E-state index in [0.717, 1.165) is 6.07 Å². The van der Waals surface area contributed by atoms with Crippen LogP contribution in [0.5, 0.6) is 0 Å². The van der Waals surface area contributed by atoms with Gasteiger partial charge in [0.25, 0.3) is 0 Å². The minimum absolute atomic E-state index is 0.140. The maximum Gasteiger partial charge on any atom is 0.239 e. The second kappa shape index (κ2) is 5.64. The Balaban J connectivity index is 3.04. The minimum Gasteiger partial charge on any atom is -0.371 e. The Kier molecular flexibility index (Phi) is 4.46. The number of nitriles is 1. The van der Waals surface area contributed by atoms with Gasteiger partial charge in [-0.3, -0.25) is 4.79 Å². The summed E-state index contributed by atoms with van der Waals surface area (Å²) in [5, 5.41) is 11.4. The number of benzene rings is 1. The zero-order chi connectivity index (χ0) is 13.0. The molecule has 1 aromatic carbocycles. The highest BCUT2D eigenvalue weighted by atomic mass is 79.9. The number of hydrogen-bond acceptors (Lipinski definition) is 3. The largest absolute Gasteiger partial charge is 0.371 e. The standard InChI is InChI=1S/C11H11BrFN3O/c1-2-9(11(15)17)16-10-4-7(12)6(5-14)3-8(10)13/h3-4,9,16H,2H2,1H3,(H2,15,17). The summed E-state index contributed by atoms with van der Waals surface area (Å²) in [5.41, 5.74) is 5.49. The molecule has 1 rings (SSSR count). The minimum atomic E-state index is -0.635. The van der Waals surface area contributed by atoms with Crippen molar-refractivity contribution in [1.29, 1.82) is 5.26 Å². The molecular weight excluding hydrogens is 289 g/mol. The van der Waals surface area contributed by atoms with Crippen molar-refractivity contribution < 1.29 is 9.18 Å². The molecule has 0 aromatic heterocycles. The summed E-state index contributed by atoms with van der Waals surface area (Å²) in [6, 6.07) is 3.73. The van der Waals surface area contributed by atoms with Crippen LogP contribution < -0.4 is 11.1 Å². The normalized spacial score (nSPS) is 11.6. The summed E-state index contributed by atoms with van der Waals surface area (Å²) in [6.07, 6.45) is 0.451. The smallest absolute Gasteiger partial charge is 0.239 e. The first-order valence-electron chi connectivity index (χ1n) is 4.94. The first kappa shape index (κ1) is 13.5. The fourth-order valence-corrected chi connectivity index (χ4v) is 1.74. The zero-order valence-electron chi connectivity index (χ0n) is 9.13. The van der Waals surface area contributed by atoms with E-state index in [9.17, 15) is 9.18 Å². The molecular formula is C11H11BrFN3O. The highest BCUT2D eigenvalue weighted by molar-refractivity contribution is 9.10. The number of carbonyl (C=O) groups excluding carboxylic acids is 1. The van der Waals surface area contributed by atoms with Crippen molar-refractivity contribution in [2.75, 3.05) is 5.32 Å². The Labute approximate surface area is 107 Å². The third-order valence-corrected chi connectivity index (χ3v) is 2.91. The number of anilines is 1. The molecule has 0 aliphatic rings. The van der Waals surface area contributed by atoms with Gasteiger partial charge in [0.1, 0.15) is 17.9 Å². The Hall–Kier alpha value is -1.61. The molecule has 0 bridgehead atoms. The maximum absolute atomic E-state index is 13.6. The third-order valence-electron chi connectivity index (χ3n) is 2.26. The van der Waals surface area contributed by atoms with Crippen LogP contribution >= 0.6 is 15.9 Å². The summed E-state index contributed by atoms with van der Waals surface area (Å²) in [7, 11) is 0. The number of primary amides is 1. The van der Waals surface area contributed by atoms with Crippen molar-refractivity contribution in [1.82, 2.24) is 0 Å². The van der Waals surface area contributed by atoms with E-state index in [0.29, 0.717) is 10.9 Å². The predicted octanol–water partition coefficient (Wildman–Crippen LogP) is 2.14. The Bertz CT molecular complexity index is 484. The van der Waals surface area contributed by atoms with E-state index in [4.69, 9.17) is 11.0 Å². The molecule has 4 nitrogen and oxygen atoms in total. The number of nitrogens with zero attached hydrogens (tertiary/aromatic N) is 1. The van der Waals surface area contributed by atoms with Crippen LogP contribution in [-0.4, -0.2) is 11.9 Å². The van der Waals surface area contributed by atoms with Gasteiger partial charge < -0.3 is 11.1 Å². The van der Waals surface area contributed by atoms with Gasteiger partial charge in [-0.1, -0.05) is 6.92 Å². The molecule has 90 valence electrons. The van der Waals surface area contributed by atoms with Gasteiger partial charge in [-0.15, -0.1) is 0 Å². The molecule has 0 saturated carbocycles. The molecule has 17 heavy (non-hydrogen) atoms. The van der Waals surface area contributed by atoms with Crippen LogP contribution in [0.2, 0.25) is 0 Å². The average molecular weight is 300 g/mol. The van der Waals surface area contributed by atoms with Crippen molar-refractivity contribution in [2.45, 2.75) is 19.4 Å². The number of rotatable bonds is 4. The molecule has 1 unspecified atom stereocenters. The maximum atomic E-state index is 13.6. The highest BCUT2D eigenvalue weighted by Crippen LogP contribution is 2.25. The van der Waals surface area contributed by atoms with E-state index in [1.54, 1.807) is 6.92 Å². The Morgan fingerprint density at radius 3 is 2.82 bits per heavy atom. The highest BCUT2D eigenvalue weighted by Gasteiger charge is 2.15. The van der Waals surface area contributed by atoms with E-state index in [-0.39, 0.29) is 11.3 Å². The van der Waals surface area contributed by atoms with E-state index in [2.05, 4.69) is 21.2 Å². The fourth-order valence-electron chi connectivity index (χ4n) is 1.31. The summed E-state index contributed by atoms with van der Waals surface area (Å²) in [6.45, 7) is 1.76. The SMILES string of the molecule is CCC(Nc1cc(Br)c(C#N)cc1F)C(N)=O. The van der Waals surface area contributed by atoms with Crippen LogP contribution in [0.15, 0.2) is 16.6 Å². The van der Waals surface area contributed by atoms with Crippen molar-refractivity contribution >= 4 is 27.5 Å². The number of halogens is 2. The van der Waals surface area contributed by atoms with Crippen molar-refractivity contribution in [3.05, 3.63) is 28.0 Å². The number of amides is 1. The Morgan fingerprint density at radius 1 is 1.71 bits per heavy atom. The van der Waals surface area contributed by atoms with Gasteiger partial charge in [-0.25, -0.2) is 4.39 Å². The lowest BCUT2D eigenvalue weighted by Gasteiger charge is -2.15. The molecule has 0 aliphatic carbocycles. The summed E-state index contributed by atoms with van der Waals surface area (Å²) in [5.74, 6) is -1.14. The molecule has 1 aromatic rings. The molecule has 3 N–H and O–H groups in total. The number of carbonyl (C=O) groups is 1. The molecule has 0 radical (unpaired) electrons. The van der Waals surface area contributed by atoms with Crippen molar-refractivity contribution in [2.24, 2.45) is 5.73 Å². The molecule has 0 spiro atoms. The monoisotopic (exact) mass is 299 g/mol. The predicted molar refractivity (Wildman–Crippen MR) is 65.7 cm³/mol. The van der Waals surface area contributed by atoms with Crippen molar-refractivity contribution in [3.8, 4) is 6.07 Å². The molecule has 1 amide bonds. The first-order chi connectivity index (χ1) is 7.99. The number of nitrogens with one attached hydrogen (secondary N) is 1. The topological polar surface area (TPSA) is 78.9 Å². The molecule has 0 heterocycles. The lowest BCUT2D eigenvalue weighted by atomic mass is 10.1. The molecule has 0 aliphatic heterocycles. The second-order valence-electron chi connectivity index (χ2n) is 3.43. The van der Waals surface area contributed by atoms with Crippen LogP contribution in [0.1, 0.15) is 18.9 Å². The molecule has 6 heteroatoms. The van der Waals surface area contributed by atoms with Crippen LogP contribution in [0, 0.1) is 17.1 Å². The van der Waals surface area contributed by atoms with Gasteiger partial charge >= 0.3 is 0 Å². The summed E-state index contributed by atoms with van der Waals surface area (Å²) >= 11 is 3.14.